The van der Waals surface area contributed by atoms with E-state index < -0.39 is 36.0 Å². The number of benzene rings is 2. The Balaban J connectivity index is 2.13. The molecule has 0 aliphatic rings. The minimum absolute atomic E-state index is 0.0216. The summed E-state index contributed by atoms with van der Waals surface area (Å²) in [4.78, 5) is 3.52. The van der Waals surface area contributed by atoms with E-state index in [1.807, 2.05) is 0 Å². The molecule has 0 saturated carbocycles. The molecule has 10 heteroatoms. The second-order valence-corrected chi connectivity index (χ2v) is 6.00. The molecule has 0 N–H and O–H groups in total. The number of anilines is 1. The second kappa shape index (κ2) is 9.03. The van der Waals surface area contributed by atoms with E-state index in [4.69, 9.17) is 11.3 Å². The summed E-state index contributed by atoms with van der Waals surface area (Å²) in [5, 5.41) is 0. The number of ether oxygens (including phenoxy) is 1. The Morgan fingerprint density at radius 1 is 0.966 bits per heavy atom. The molecule has 0 fully saturated rings. The Hall–Kier alpha value is -2.96. The van der Waals surface area contributed by atoms with Gasteiger partial charge < -0.3 is 9.64 Å². The number of alkyl halides is 6. The number of hydrogen-bond acceptors (Lipinski definition) is 2. The van der Waals surface area contributed by atoms with Crippen LogP contribution < -0.4 is 9.64 Å². The van der Waals surface area contributed by atoms with Crippen LogP contribution in [0.2, 0.25) is 0 Å². The van der Waals surface area contributed by atoms with E-state index in [0.717, 1.165) is 29.2 Å². The SMILES string of the molecule is [C-]#[N+]c1ccc(N(CCCOc2ccc(F)cc2)CC(F)(F)F)cc1C(F)(F)F. The molecule has 0 bridgehead atoms. The van der Waals surface area contributed by atoms with Crippen LogP contribution in [0.5, 0.6) is 5.75 Å². The summed E-state index contributed by atoms with van der Waals surface area (Å²) in [6.45, 7) is 5.09. The van der Waals surface area contributed by atoms with Gasteiger partial charge in [-0.1, -0.05) is 6.07 Å². The van der Waals surface area contributed by atoms with E-state index in [1.165, 1.54) is 12.1 Å². The topological polar surface area (TPSA) is 16.8 Å². The molecule has 3 nitrogen and oxygen atoms in total. The van der Waals surface area contributed by atoms with Crippen LogP contribution in [-0.4, -0.2) is 25.9 Å². The van der Waals surface area contributed by atoms with Gasteiger partial charge in [0.25, 0.3) is 0 Å². The Bertz CT molecular complexity index is 855. The molecule has 2 aromatic rings. The van der Waals surface area contributed by atoms with Gasteiger partial charge in [-0.2, -0.15) is 26.3 Å². The molecule has 2 aromatic carbocycles. The normalized spacial score (nSPS) is 11.8. The molecule has 0 amide bonds. The van der Waals surface area contributed by atoms with Crippen molar-refractivity contribution >= 4 is 11.4 Å². The van der Waals surface area contributed by atoms with Crippen molar-refractivity contribution in [3.63, 3.8) is 0 Å². The Morgan fingerprint density at radius 3 is 2.17 bits per heavy atom. The zero-order valence-corrected chi connectivity index (χ0v) is 14.8. The summed E-state index contributed by atoms with van der Waals surface area (Å²) in [5.74, 6) is -0.161. The standard InChI is InChI=1S/C19H15F7N2O/c1-27-17-8-5-14(11-16(17)19(24,25)26)28(12-18(21,22)23)9-2-10-29-15-6-3-13(20)4-7-15/h3-8,11H,2,9-10,12H2. The average molecular weight is 420 g/mol. The lowest BCUT2D eigenvalue weighted by Crippen LogP contribution is -2.35. The summed E-state index contributed by atoms with van der Waals surface area (Å²) < 4.78 is 96.2. The van der Waals surface area contributed by atoms with Crippen LogP contribution in [0.1, 0.15) is 12.0 Å². The van der Waals surface area contributed by atoms with Crippen LogP contribution in [0.3, 0.4) is 0 Å². The van der Waals surface area contributed by atoms with Crippen molar-refractivity contribution in [2.45, 2.75) is 18.8 Å². The summed E-state index contributed by atoms with van der Waals surface area (Å²) in [5.41, 5.74) is -2.28. The van der Waals surface area contributed by atoms with E-state index in [-0.39, 0.29) is 25.3 Å². The maximum absolute atomic E-state index is 13.1. The third kappa shape index (κ3) is 6.85. The highest BCUT2D eigenvalue weighted by Crippen LogP contribution is 2.39. The minimum atomic E-state index is -4.87. The van der Waals surface area contributed by atoms with Crippen molar-refractivity contribution in [2.75, 3.05) is 24.6 Å². The van der Waals surface area contributed by atoms with Crippen molar-refractivity contribution < 1.29 is 35.5 Å². The minimum Gasteiger partial charge on any atom is -0.494 e. The Kier molecular flexibility index (Phi) is 6.95. The quantitative estimate of drug-likeness (QED) is 0.300. The molecular formula is C19H15F7N2O. The number of rotatable bonds is 7. The highest BCUT2D eigenvalue weighted by atomic mass is 19.4. The predicted octanol–water partition coefficient (Wildman–Crippen LogP) is 6.23. The van der Waals surface area contributed by atoms with Gasteiger partial charge in [0.1, 0.15) is 18.1 Å². The summed E-state index contributed by atoms with van der Waals surface area (Å²) >= 11 is 0. The van der Waals surface area contributed by atoms with Crippen molar-refractivity contribution in [2.24, 2.45) is 0 Å². The van der Waals surface area contributed by atoms with Crippen LogP contribution in [0, 0.1) is 12.4 Å². The lowest BCUT2D eigenvalue weighted by Gasteiger charge is -2.27. The van der Waals surface area contributed by atoms with E-state index in [0.29, 0.717) is 11.8 Å². The van der Waals surface area contributed by atoms with Crippen molar-refractivity contribution in [3.05, 3.63) is 65.3 Å². The first kappa shape index (κ1) is 22.3. The van der Waals surface area contributed by atoms with E-state index in [1.54, 1.807) is 0 Å². The molecular weight excluding hydrogens is 405 g/mol. The lowest BCUT2D eigenvalue weighted by atomic mass is 10.1. The fourth-order valence-corrected chi connectivity index (χ4v) is 2.54. The molecule has 0 aromatic heterocycles. The van der Waals surface area contributed by atoms with Crippen LogP contribution >= 0.6 is 0 Å². The summed E-state index contributed by atoms with van der Waals surface area (Å²) in [6, 6.07) is 7.45. The zero-order valence-electron chi connectivity index (χ0n) is 14.8. The maximum Gasteiger partial charge on any atom is 0.407 e. The smallest absolute Gasteiger partial charge is 0.407 e. The molecule has 0 unspecified atom stereocenters. The monoisotopic (exact) mass is 420 g/mol. The molecule has 2 rings (SSSR count). The van der Waals surface area contributed by atoms with E-state index >= 15 is 0 Å². The summed E-state index contributed by atoms with van der Waals surface area (Å²) in [6.07, 6.45) is -9.44. The molecule has 0 aliphatic heterocycles. The molecule has 0 saturated heterocycles. The van der Waals surface area contributed by atoms with Crippen LogP contribution in [0.25, 0.3) is 4.85 Å². The average Bonchev–Trinajstić information content (AvgIpc) is 2.63. The fourth-order valence-electron chi connectivity index (χ4n) is 2.54. The second-order valence-electron chi connectivity index (χ2n) is 6.00. The Labute approximate surface area is 162 Å². The summed E-state index contributed by atoms with van der Waals surface area (Å²) in [7, 11) is 0. The van der Waals surface area contributed by atoms with Crippen molar-refractivity contribution in [1.82, 2.24) is 0 Å². The van der Waals surface area contributed by atoms with Gasteiger partial charge in [0.2, 0.25) is 0 Å². The highest BCUT2D eigenvalue weighted by molar-refractivity contribution is 5.62. The Morgan fingerprint density at radius 2 is 1.62 bits per heavy atom. The predicted molar refractivity (Wildman–Crippen MR) is 92.5 cm³/mol. The van der Waals surface area contributed by atoms with Gasteiger partial charge in [-0.25, -0.2) is 9.24 Å². The maximum atomic E-state index is 13.1. The van der Waals surface area contributed by atoms with Gasteiger partial charge in [0.05, 0.1) is 18.7 Å². The van der Waals surface area contributed by atoms with E-state index in [2.05, 4.69) is 4.85 Å². The van der Waals surface area contributed by atoms with Crippen molar-refractivity contribution in [3.8, 4) is 5.75 Å². The molecule has 0 spiro atoms. The van der Waals surface area contributed by atoms with E-state index in [9.17, 15) is 30.7 Å². The fraction of sp³-hybridized carbons (Fsp3) is 0.316. The third-order valence-electron chi connectivity index (χ3n) is 3.80. The van der Waals surface area contributed by atoms with Gasteiger partial charge in [0, 0.05) is 12.2 Å². The van der Waals surface area contributed by atoms with Gasteiger partial charge in [-0.05, 0) is 42.8 Å². The molecule has 0 atom stereocenters. The molecule has 156 valence electrons. The molecule has 29 heavy (non-hydrogen) atoms. The molecule has 0 aliphatic carbocycles. The zero-order chi connectivity index (χ0) is 21.7. The number of nitrogens with zero attached hydrogens (tertiary/aromatic N) is 2. The largest absolute Gasteiger partial charge is 0.494 e. The first-order valence-corrected chi connectivity index (χ1v) is 8.28. The molecule has 0 heterocycles. The van der Waals surface area contributed by atoms with Gasteiger partial charge in [-0.15, -0.1) is 0 Å². The van der Waals surface area contributed by atoms with Gasteiger partial charge >= 0.3 is 12.4 Å². The van der Waals surface area contributed by atoms with Gasteiger partial charge in [0.15, 0.2) is 5.69 Å². The van der Waals surface area contributed by atoms with Crippen molar-refractivity contribution in [1.29, 1.82) is 0 Å². The van der Waals surface area contributed by atoms with Crippen LogP contribution in [0.4, 0.5) is 42.1 Å². The highest BCUT2D eigenvalue weighted by Gasteiger charge is 2.35. The third-order valence-corrected chi connectivity index (χ3v) is 3.80. The first-order chi connectivity index (χ1) is 13.5. The van der Waals surface area contributed by atoms with Gasteiger partial charge in [-0.3, -0.25) is 0 Å². The lowest BCUT2D eigenvalue weighted by molar-refractivity contribution is -0.136. The first-order valence-electron chi connectivity index (χ1n) is 8.28. The molecule has 0 radical (unpaired) electrons. The van der Waals surface area contributed by atoms with Crippen LogP contribution in [-0.2, 0) is 6.18 Å². The van der Waals surface area contributed by atoms with Crippen LogP contribution in [0.15, 0.2) is 42.5 Å². The number of hydrogen-bond donors (Lipinski definition) is 0. The number of halogens is 7.